The topological polar surface area (TPSA) is 0 Å². The average Bonchev–Trinajstić information content (AvgIpc) is 2.95. The van der Waals surface area contributed by atoms with Crippen molar-refractivity contribution in [1.29, 1.82) is 0 Å². The van der Waals surface area contributed by atoms with Gasteiger partial charge >= 0.3 is 143 Å². The van der Waals surface area contributed by atoms with Gasteiger partial charge in [-0.3, -0.25) is 0 Å². The molecule has 0 aromatic heterocycles. The molecule has 0 bridgehead atoms. The zero-order chi connectivity index (χ0) is 15.7. The molecule has 2 unspecified atom stereocenters. The maximum atomic E-state index is 2.63. The van der Waals surface area contributed by atoms with Gasteiger partial charge < -0.3 is 24.8 Å². The maximum absolute atomic E-state index is 2.63. The first-order chi connectivity index (χ1) is 9.90. The summed E-state index contributed by atoms with van der Waals surface area (Å²) in [5, 5.41) is 0. The SMILES string of the molecule is CCC1=C[C](C)([Hf+2][C]2(C)C=C(CC)C=C2CC)C(CC)=C1.[Cl-].[Cl-]. The van der Waals surface area contributed by atoms with Gasteiger partial charge in [-0.15, -0.1) is 0 Å². The first kappa shape index (κ1) is 23.4. The average molecular weight is 520 g/mol. The minimum Gasteiger partial charge on any atom is -1.00 e. The third-order valence-corrected chi connectivity index (χ3v) is 12.2. The summed E-state index contributed by atoms with van der Waals surface area (Å²) in [5.41, 5.74) is 6.56. The van der Waals surface area contributed by atoms with Crippen LogP contribution in [0, 0.1) is 0 Å². The Morgan fingerprint density at radius 3 is 1.30 bits per heavy atom. The van der Waals surface area contributed by atoms with Crippen molar-refractivity contribution in [3.63, 3.8) is 0 Å². The molecule has 0 radical (unpaired) electrons. The fourth-order valence-corrected chi connectivity index (χ4v) is 12.5. The van der Waals surface area contributed by atoms with Crippen molar-refractivity contribution in [2.75, 3.05) is 0 Å². The second-order valence-electron chi connectivity index (χ2n) is 6.72. The van der Waals surface area contributed by atoms with Crippen molar-refractivity contribution in [2.45, 2.75) is 73.6 Å². The molecule has 0 spiro atoms. The Morgan fingerprint density at radius 2 is 1.04 bits per heavy atom. The monoisotopic (exact) mass is 520 g/mol. The van der Waals surface area contributed by atoms with Crippen LogP contribution in [0.5, 0.6) is 0 Å². The van der Waals surface area contributed by atoms with E-state index in [1.54, 1.807) is 22.3 Å². The normalized spacial score (nSPS) is 28.8. The van der Waals surface area contributed by atoms with E-state index in [-0.39, 0.29) is 24.8 Å². The van der Waals surface area contributed by atoms with Gasteiger partial charge in [0.25, 0.3) is 0 Å². The summed E-state index contributed by atoms with van der Waals surface area (Å²) >= 11 is -0.930. The second kappa shape index (κ2) is 9.20. The zero-order valence-electron chi connectivity index (χ0n) is 15.4. The largest absolute Gasteiger partial charge is 1.00 e. The fourth-order valence-electron chi connectivity index (χ4n) is 3.88. The standard InChI is InChI=1S/2C10H15.2ClH.Hf/c2*1-4-9-6-8(3)10(5-2)7-9;;;/h2*6-7H,4-5H2,1-3H3;2*1H;/q;;;;+2/p-2. The molecule has 0 saturated heterocycles. The van der Waals surface area contributed by atoms with E-state index in [2.05, 4.69) is 65.8 Å². The van der Waals surface area contributed by atoms with Crippen LogP contribution in [0.1, 0.15) is 67.2 Å². The molecule has 23 heavy (non-hydrogen) atoms. The van der Waals surface area contributed by atoms with Crippen LogP contribution in [-0.2, 0) is 22.9 Å². The molecule has 0 fully saturated rings. The predicted molar refractivity (Wildman–Crippen MR) is 90.2 cm³/mol. The first-order valence-corrected chi connectivity index (χ1v) is 12.1. The van der Waals surface area contributed by atoms with Crippen molar-refractivity contribution in [3.05, 3.63) is 46.6 Å². The van der Waals surface area contributed by atoms with Gasteiger partial charge in [-0.05, 0) is 0 Å². The number of allylic oxidation sites excluding steroid dienone is 8. The van der Waals surface area contributed by atoms with E-state index in [0.717, 1.165) is 0 Å². The molecule has 2 rings (SSSR count). The second-order valence-corrected chi connectivity index (χ2v) is 15.1. The van der Waals surface area contributed by atoms with Crippen molar-refractivity contribution < 1.29 is 47.7 Å². The van der Waals surface area contributed by atoms with Crippen LogP contribution in [0.15, 0.2) is 46.6 Å². The molecule has 2 atom stereocenters. The van der Waals surface area contributed by atoms with Crippen molar-refractivity contribution >= 4 is 0 Å². The van der Waals surface area contributed by atoms with Gasteiger partial charge in [0.05, 0.1) is 0 Å². The minimum atomic E-state index is -0.930. The van der Waals surface area contributed by atoms with Crippen LogP contribution in [0.4, 0.5) is 0 Å². The van der Waals surface area contributed by atoms with Gasteiger partial charge in [-0.1, -0.05) is 0 Å². The summed E-state index contributed by atoms with van der Waals surface area (Å²) in [7, 11) is 0. The molecule has 0 aromatic rings. The van der Waals surface area contributed by atoms with E-state index >= 15 is 0 Å². The first-order valence-electron chi connectivity index (χ1n) is 8.55. The van der Waals surface area contributed by atoms with Crippen molar-refractivity contribution in [2.24, 2.45) is 0 Å². The van der Waals surface area contributed by atoms with Crippen molar-refractivity contribution in [3.8, 4) is 0 Å². The molecule has 0 N–H and O–H groups in total. The van der Waals surface area contributed by atoms with Crippen LogP contribution in [0.3, 0.4) is 0 Å². The quantitative estimate of drug-likeness (QED) is 0.456. The molecule has 0 nitrogen and oxygen atoms in total. The predicted octanol–water partition coefficient (Wildman–Crippen LogP) is 0.807. The number of hydrogen-bond donors (Lipinski definition) is 0. The molecule has 128 valence electrons. The van der Waals surface area contributed by atoms with Gasteiger partial charge in [-0.25, -0.2) is 0 Å². The van der Waals surface area contributed by atoms with E-state index in [1.165, 1.54) is 25.7 Å². The van der Waals surface area contributed by atoms with E-state index in [1.807, 2.05) is 0 Å². The van der Waals surface area contributed by atoms with E-state index in [4.69, 9.17) is 0 Å². The van der Waals surface area contributed by atoms with Crippen LogP contribution in [0.2, 0.25) is 6.34 Å². The summed E-state index contributed by atoms with van der Waals surface area (Å²) in [4.78, 5) is 0. The van der Waals surface area contributed by atoms with Gasteiger partial charge in [0.1, 0.15) is 0 Å². The molecule has 2 aliphatic carbocycles. The molecule has 0 aromatic carbocycles. The van der Waals surface area contributed by atoms with Gasteiger partial charge in [0.15, 0.2) is 0 Å². The Bertz CT molecular complexity index is 494. The Hall–Kier alpha value is 0.410. The smallest absolute Gasteiger partial charge is 1.00 e. The Morgan fingerprint density at radius 1 is 0.696 bits per heavy atom. The van der Waals surface area contributed by atoms with E-state index in [0.29, 0.717) is 6.34 Å². The summed E-state index contributed by atoms with van der Waals surface area (Å²) in [6, 6.07) is 0. The molecule has 0 heterocycles. The minimum absolute atomic E-state index is 0. The number of rotatable bonds is 6. The Labute approximate surface area is 167 Å². The molecule has 2 aliphatic rings. The Balaban J connectivity index is 0.00000242. The van der Waals surface area contributed by atoms with E-state index in [9.17, 15) is 0 Å². The van der Waals surface area contributed by atoms with Crippen molar-refractivity contribution in [1.82, 2.24) is 0 Å². The third-order valence-electron chi connectivity index (χ3n) is 5.10. The Kier molecular flexibility index (Phi) is 9.37. The zero-order valence-corrected chi connectivity index (χ0v) is 20.5. The van der Waals surface area contributed by atoms with Crippen LogP contribution >= 0.6 is 0 Å². The molecular weight excluding hydrogens is 490 g/mol. The molecular formula is C20H30Cl2Hf. The van der Waals surface area contributed by atoms with Crippen LogP contribution in [0.25, 0.3) is 0 Å². The summed E-state index contributed by atoms with van der Waals surface area (Å²) in [6.45, 7) is 14.3. The summed E-state index contributed by atoms with van der Waals surface area (Å²) in [6.07, 6.45) is 15.1. The molecule has 0 amide bonds. The van der Waals surface area contributed by atoms with Crippen LogP contribution in [-0.4, -0.2) is 0 Å². The molecule has 3 heteroatoms. The number of hydrogen-bond acceptors (Lipinski definition) is 0. The third kappa shape index (κ3) is 4.73. The van der Waals surface area contributed by atoms with Gasteiger partial charge in [-0.2, -0.15) is 0 Å². The van der Waals surface area contributed by atoms with Gasteiger partial charge in [0.2, 0.25) is 0 Å². The maximum Gasteiger partial charge on any atom is -1.00 e. The fraction of sp³-hybridized carbons (Fsp3) is 0.600. The van der Waals surface area contributed by atoms with Gasteiger partial charge in [0, 0.05) is 0 Å². The summed E-state index contributed by atoms with van der Waals surface area (Å²) in [5.74, 6) is 0. The van der Waals surface area contributed by atoms with E-state index < -0.39 is 22.9 Å². The molecule has 0 saturated carbocycles. The van der Waals surface area contributed by atoms with Crippen LogP contribution < -0.4 is 24.8 Å². The summed E-state index contributed by atoms with van der Waals surface area (Å²) < 4.78 is 0.867. The number of halogens is 2. The molecule has 0 aliphatic heterocycles.